The summed E-state index contributed by atoms with van der Waals surface area (Å²) in [7, 11) is -4.89. The molecule has 0 radical (unpaired) electrons. The van der Waals surface area contributed by atoms with Gasteiger partial charge in [0.25, 0.3) is 5.91 Å². The maximum atomic E-state index is 12.8. The Labute approximate surface area is 155 Å². The highest BCUT2D eigenvalue weighted by molar-refractivity contribution is 7.91. The van der Waals surface area contributed by atoms with Crippen molar-refractivity contribution in [2.75, 3.05) is 11.9 Å². The predicted octanol–water partition coefficient (Wildman–Crippen LogP) is 2.70. The molecule has 0 bridgehead atoms. The lowest BCUT2D eigenvalue weighted by Crippen LogP contribution is -2.24. The van der Waals surface area contributed by atoms with E-state index in [-0.39, 0.29) is 11.7 Å². The van der Waals surface area contributed by atoms with Crippen LogP contribution < -0.4 is 5.32 Å². The third-order valence-electron chi connectivity index (χ3n) is 4.23. The van der Waals surface area contributed by atoms with Crippen molar-refractivity contribution in [1.82, 2.24) is 9.78 Å². The van der Waals surface area contributed by atoms with Crippen LogP contribution in [0.4, 0.5) is 14.5 Å². The predicted molar refractivity (Wildman–Crippen MR) is 93.4 cm³/mol. The summed E-state index contributed by atoms with van der Waals surface area (Å²) in [6.07, 6.45) is 6.10. The zero-order valence-corrected chi connectivity index (χ0v) is 15.2. The molecule has 1 fully saturated rings. The lowest BCUT2D eigenvalue weighted by molar-refractivity contribution is 0.00400. The summed E-state index contributed by atoms with van der Waals surface area (Å²) in [6.45, 7) is 1.25. The number of alkyl halides is 2. The highest BCUT2D eigenvalue weighted by Gasteiger charge is 2.30. The van der Waals surface area contributed by atoms with Crippen LogP contribution in [0.5, 0.6) is 0 Å². The van der Waals surface area contributed by atoms with Gasteiger partial charge in [0.05, 0.1) is 35.0 Å². The standard InChI is InChI=1S/C17H19F2N3O4S/c18-17(19)27(24,25)15-7-2-1-6-14(15)16(23)21-12-9-20-22(10-12)11-13-5-3-4-8-26-13/h1-2,6-7,9-10,13,17H,3-5,8,11H2,(H,21,23). The van der Waals surface area contributed by atoms with Crippen molar-refractivity contribution in [3.05, 3.63) is 42.2 Å². The number of aromatic nitrogens is 2. The molecule has 0 spiro atoms. The first-order valence-corrected chi connectivity index (χ1v) is 9.99. The molecule has 1 unspecified atom stereocenters. The maximum Gasteiger partial charge on any atom is 0.341 e. The summed E-state index contributed by atoms with van der Waals surface area (Å²) in [5, 5.41) is 6.63. The van der Waals surface area contributed by atoms with E-state index in [1.54, 1.807) is 10.9 Å². The van der Waals surface area contributed by atoms with E-state index < -0.39 is 26.4 Å². The fraction of sp³-hybridized carbons (Fsp3) is 0.412. The fourth-order valence-corrected chi connectivity index (χ4v) is 3.81. The van der Waals surface area contributed by atoms with Gasteiger partial charge in [-0.1, -0.05) is 12.1 Å². The topological polar surface area (TPSA) is 90.3 Å². The largest absolute Gasteiger partial charge is 0.376 e. The van der Waals surface area contributed by atoms with Crippen molar-refractivity contribution >= 4 is 21.4 Å². The van der Waals surface area contributed by atoms with E-state index in [9.17, 15) is 22.0 Å². The average Bonchev–Trinajstić information content (AvgIpc) is 3.09. The minimum Gasteiger partial charge on any atom is -0.376 e. The molecule has 2 heterocycles. The second-order valence-electron chi connectivity index (χ2n) is 6.20. The number of ether oxygens (including phenoxy) is 1. The van der Waals surface area contributed by atoms with Crippen molar-refractivity contribution in [3.8, 4) is 0 Å². The molecule has 2 aromatic rings. The lowest BCUT2D eigenvalue weighted by atomic mass is 10.1. The molecule has 1 atom stereocenters. The number of amides is 1. The molecule has 27 heavy (non-hydrogen) atoms. The zero-order chi connectivity index (χ0) is 19.4. The van der Waals surface area contributed by atoms with Gasteiger partial charge in [-0.3, -0.25) is 9.48 Å². The van der Waals surface area contributed by atoms with Gasteiger partial charge in [0, 0.05) is 12.8 Å². The average molecular weight is 399 g/mol. The molecular weight excluding hydrogens is 380 g/mol. The highest BCUT2D eigenvalue weighted by atomic mass is 32.2. The molecular formula is C17H19F2N3O4S. The first kappa shape index (κ1) is 19.4. The molecule has 1 aromatic heterocycles. The van der Waals surface area contributed by atoms with E-state index in [2.05, 4.69) is 10.4 Å². The SMILES string of the molecule is O=C(Nc1cnn(CC2CCCCO2)c1)c1ccccc1S(=O)(=O)C(F)F. The molecule has 1 aromatic carbocycles. The van der Waals surface area contributed by atoms with E-state index in [0.717, 1.165) is 25.3 Å². The Balaban J connectivity index is 1.73. The number of carbonyl (C=O) groups is 1. The van der Waals surface area contributed by atoms with Gasteiger partial charge >= 0.3 is 5.76 Å². The van der Waals surface area contributed by atoms with Crippen LogP contribution in [0.3, 0.4) is 0 Å². The van der Waals surface area contributed by atoms with Gasteiger partial charge < -0.3 is 10.1 Å². The van der Waals surface area contributed by atoms with Crippen LogP contribution in [0.25, 0.3) is 0 Å². The Kier molecular flexibility index (Phi) is 5.85. The second-order valence-corrected chi connectivity index (χ2v) is 8.08. The number of nitrogens with one attached hydrogen (secondary N) is 1. The van der Waals surface area contributed by atoms with Crippen molar-refractivity contribution in [1.29, 1.82) is 0 Å². The van der Waals surface area contributed by atoms with Gasteiger partial charge in [-0.15, -0.1) is 0 Å². The molecule has 3 rings (SSSR count). The van der Waals surface area contributed by atoms with Crippen LogP contribution >= 0.6 is 0 Å². The van der Waals surface area contributed by atoms with Crippen LogP contribution in [0.15, 0.2) is 41.6 Å². The first-order chi connectivity index (χ1) is 12.9. The molecule has 1 amide bonds. The highest BCUT2D eigenvalue weighted by Crippen LogP contribution is 2.23. The summed E-state index contributed by atoms with van der Waals surface area (Å²) >= 11 is 0. The third kappa shape index (κ3) is 4.51. The Morgan fingerprint density at radius 2 is 2.11 bits per heavy atom. The van der Waals surface area contributed by atoms with Crippen LogP contribution in [-0.4, -0.2) is 42.6 Å². The van der Waals surface area contributed by atoms with E-state index in [1.807, 2.05) is 0 Å². The van der Waals surface area contributed by atoms with Crippen LogP contribution in [0.1, 0.15) is 29.6 Å². The quantitative estimate of drug-likeness (QED) is 0.807. The zero-order valence-electron chi connectivity index (χ0n) is 14.3. The second kappa shape index (κ2) is 8.13. The summed E-state index contributed by atoms with van der Waals surface area (Å²) < 4.78 is 56.5. The van der Waals surface area contributed by atoms with Crippen molar-refractivity contribution < 1.29 is 26.7 Å². The van der Waals surface area contributed by atoms with E-state index in [4.69, 9.17) is 4.74 Å². The van der Waals surface area contributed by atoms with E-state index >= 15 is 0 Å². The van der Waals surface area contributed by atoms with Crippen LogP contribution in [-0.2, 0) is 21.1 Å². The van der Waals surface area contributed by atoms with Crippen LogP contribution in [0.2, 0.25) is 0 Å². The number of anilines is 1. The van der Waals surface area contributed by atoms with E-state index in [0.29, 0.717) is 18.8 Å². The summed E-state index contributed by atoms with van der Waals surface area (Å²) in [6, 6.07) is 4.86. The Morgan fingerprint density at radius 3 is 2.81 bits per heavy atom. The molecule has 0 aliphatic carbocycles. The molecule has 146 valence electrons. The fourth-order valence-electron chi connectivity index (χ4n) is 2.88. The van der Waals surface area contributed by atoms with Gasteiger partial charge in [-0.05, 0) is 31.4 Å². The normalized spacial score (nSPS) is 17.8. The van der Waals surface area contributed by atoms with Gasteiger partial charge in [0.2, 0.25) is 9.84 Å². The molecule has 1 aliphatic rings. The Hall–Kier alpha value is -2.33. The molecule has 0 saturated carbocycles. The first-order valence-electron chi connectivity index (χ1n) is 8.44. The van der Waals surface area contributed by atoms with Gasteiger partial charge in [-0.25, -0.2) is 8.42 Å². The number of rotatable bonds is 6. The van der Waals surface area contributed by atoms with E-state index in [1.165, 1.54) is 24.4 Å². The molecule has 10 heteroatoms. The monoisotopic (exact) mass is 399 g/mol. The van der Waals surface area contributed by atoms with Gasteiger partial charge in [0.1, 0.15) is 0 Å². The number of halogens is 2. The number of sulfone groups is 1. The number of nitrogens with zero attached hydrogens (tertiary/aromatic N) is 2. The van der Waals surface area contributed by atoms with Crippen molar-refractivity contribution in [3.63, 3.8) is 0 Å². The molecule has 1 aliphatic heterocycles. The minimum absolute atomic E-state index is 0.0547. The molecule has 1 saturated heterocycles. The smallest absolute Gasteiger partial charge is 0.341 e. The summed E-state index contributed by atoms with van der Waals surface area (Å²) in [4.78, 5) is 11.7. The Bertz CT molecular complexity index is 908. The molecule has 1 N–H and O–H groups in total. The maximum absolute atomic E-state index is 12.8. The Morgan fingerprint density at radius 1 is 1.33 bits per heavy atom. The van der Waals surface area contributed by atoms with Crippen molar-refractivity contribution in [2.45, 2.75) is 42.6 Å². The van der Waals surface area contributed by atoms with Crippen molar-refractivity contribution in [2.24, 2.45) is 0 Å². The number of hydrogen-bond donors (Lipinski definition) is 1. The number of carbonyl (C=O) groups excluding carboxylic acids is 1. The number of benzene rings is 1. The van der Waals surface area contributed by atoms with Gasteiger partial charge in [0.15, 0.2) is 0 Å². The van der Waals surface area contributed by atoms with Gasteiger partial charge in [-0.2, -0.15) is 13.9 Å². The minimum atomic E-state index is -4.89. The third-order valence-corrected chi connectivity index (χ3v) is 5.67. The summed E-state index contributed by atoms with van der Waals surface area (Å²) in [5.41, 5.74) is -0.0128. The molecule has 7 nitrogen and oxygen atoms in total. The van der Waals surface area contributed by atoms with Crippen LogP contribution in [0, 0.1) is 0 Å². The number of hydrogen-bond acceptors (Lipinski definition) is 5. The summed E-state index contributed by atoms with van der Waals surface area (Å²) in [5.74, 6) is -4.41. The lowest BCUT2D eigenvalue weighted by Gasteiger charge is -2.22.